The molecule has 0 saturated heterocycles. The molecular weight excluding hydrogens is 414 g/mol. The molecular formula is C15H24FIN4O2. The van der Waals surface area contributed by atoms with E-state index in [0.717, 1.165) is 6.42 Å². The lowest BCUT2D eigenvalue weighted by molar-refractivity contribution is -0.115. The third kappa shape index (κ3) is 10.1. The first-order valence-corrected chi connectivity index (χ1v) is 7.23. The van der Waals surface area contributed by atoms with E-state index in [1.165, 1.54) is 18.2 Å². The number of halogens is 2. The van der Waals surface area contributed by atoms with Crippen LogP contribution in [0.25, 0.3) is 0 Å². The van der Waals surface area contributed by atoms with Gasteiger partial charge < -0.3 is 20.7 Å². The van der Waals surface area contributed by atoms with Crippen molar-refractivity contribution in [2.45, 2.75) is 13.3 Å². The van der Waals surface area contributed by atoms with Gasteiger partial charge in [-0.1, -0.05) is 6.07 Å². The number of nitrogens with one attached hydrogen (secondary N) is 3. The van der Waals surface area contributed by atoms with Gasteiger partial charge in [0.1, 0.15) is 5.82 Å². The molecule has 0 fully saturated rings. The monoisotopic (exact) mass is 438 g/mol. The predicted molar refractivity (Wildman–Crippen MR) is 101 cm³/mol. The summed E-state index contributed by atoms with van der Waals surface area (Å²) in [6, 6.07) is 5.75. The Hall–Kier alpha value is -1.42. The van der Waals surface area contributed by atoms with E-state index < -0.39 is 5.82 Å². The summed E-state index contributed by atoms with van der Waals surface area (Å²) in [5.41, 5.74) is 0.423. The molecule has 0 spiro atoms. The van der Waals surface area contributed by atoms with Crippen LogP contribution in [-0.4, -0.2) is 45.2 Å². The quantitative estimate of drug-likeness (QED) is 0.251. The number of benzene rings is 1. The summed E-state index contributed by atoms with van der Waals surface area (Å²) in [6.07, 6.45) is 0.851. The molecule has 1 aromatic carbocycles. The number of aliphatic imine (C=N–C) groups is 1. The minimum absolute atomic E-state index is 0. The maximum atomic E-state index is 13.0. The lowest BCUT2D eigenvalue weighted by atomic mass is 10.3. The highest BCUT2D eigenvalue weighted by Crippen LogP contribution is 2.08. The summed E-state index contributed by atoms with van der Waals surface area (Å²) in [5.74, 6) is -0.133. The highest BCUT2D eigenvalue weighted by molar-refractivity contribution is 14.0. The number of carbonyl (C=O) groups excluding carboxylic acids is 1. The number of guanidine groups is 1. The van der Waals surface area contributed by atoms with Crippen LogP contribution in [0.2, 0.25) is 0 Å². The van der Waals surface area contributed by atoms with Gasteiger partial charge in [0, 0.05) is 32.5 Å². The lowest BCUT2D eigenvalue weighted by Gasteiger charge is -2.12. The molecule has 0 aliphatic rings. The second kappa shape index (κ2) is 13.1. The van der Waals surface area contributed by atoms with Gasteiger partial charge in [0.2, 0.25) is 5.91 Å². The number of carbonyl (C=O) groups is 1. The zero-order valence-electron chi connectivity index (χ0n) is 13.4. The van der Waals surface area contributed by atoms with Crippen LogP contribution in [0.5, 0.6) is 0 Å². The van der Waals surface area contributed by atoms with Gasteiger partial charge in [0.05, 0.1) is 6.54 Å². The van der Waals surface area contributed by atoms with Crippen molar-refractivity contribution in [3.63, 3.8) is 0 Å². The molecule has 0 heterocycles. The van der Waals surface area contributed by atoms with E-state index in [9.17, 15) is 9.18 Å². The molecule has 1 rings (SSSR count). The van der Waals surface area contributed by atoms with Gasteiger partial charge in [0.15, 0.2) is 5.96 Å². The molecule has 0 saturated carbocycles. The molecule has 0 bridgehead atoms. The smallest absolute Gasteiger partial charge is 0.243 e. The summed E-state index contributed by atoms with van der Waals surface area (Å²) in [5, 5.41) is 8.56. The third-order valence-corrected chi connectivity index (χ3v) is 2.71. The highest BCUT2D eigenvalue weighted by Gasteiger charge is 2.04. The normalized spacial score (nSPS) is 10.7. The Kier molecular flexibility index (Phi) is 12.3. The molecule has 1 amide bonds. The van der Waals surface area contributed by atoms with Crippen LogP contribution in [0.1, 0.15) is 13.3 Å². The first kappa shape index (κ1) is 21.6. The summed E-state index contributed by atoms with van der Waals surface area (Å²) in [4.78, 5) is 15.8. The van der Waals surface area contributed by atoms with Crippen LogP contribution < -0.4 is 16.0 Å². The fraction of sp³-hybridized carbons (Fsp3) is 0.467. The maximum Gasteiger partial charge on any atom is 0.243 e. The van der Waals surface area contributed by atoms with Gasteiger partial charge in [0.25, 0.3) is 0 Å². The zero-order valence-corrected chi connectivity index (χ0v) is 15.7. The molecule has 130 valence electrons. The van der Waals surface area contributed by atoms with Crippen molar-refractivity contribution < 1.29 is 13.9 Å². The SMILES string of the molecule is CCOCCCNC(=NC)NCC(=O)Nc1cccc(F)c1.I. The van der Waals surface area contributed by atoms with Gasteiger partial charge in [-0.3, -0.25) is 9.79 Å². The first-order valence-electron chi connectivity index (χ1n) is 7.23. The topological polar surface area (TPSA) is 74.8 Å². The second-order valence-electron chi connectivity index (χ2n) is 4.46. The molecule has 6 nitrogen and oxygen atoms in total. The minimum Gasteiger partial charge on any atom is -0.382 e. The fourth-order valence-electron chi connectivity index (χ4n) is 1.68. The largest absolute Gasteiger partial charge is 0.382 e. The van der Waals surface area contributed by atoms with Crippen LogP contribution in [0.4, 0.5) is 10.1 Å². The fourth-order valence-corrected chi connectivity index (χ4v) is 1.68. The van der Waals surface area contributed by atoms with E-state index in [-0.39, 0.29) is 36.4 Å². The Bertz CT molecular complexity index is 500. The number of amides is 1. The van der Waals surface area contributed by atoms with Gasteiger partial charge in [-0.05, 0) is 31.5 Å². The maximum absolute atomic E-state index is 13.0. The Morgan fingerprint density at radius 3 is 2.78 bits per heavy atom. The predicted octanol–water partition coefficient (Wildman–Crippen LogP) is 1.97. The van der Waals surface area contributed by atoms with Crippen LogP contribution in [0.3, 0.4) is 0 Å². The van der Waals surface area contributed by atoms with Gasteiger partial charge in [-0.2, -0.15) is 0 Å². The molecule has 3 N–H and O–H groups in total. The zero-order chi connectivity index (χ0) is 16.2. The standard InChI is InChI=1S/C15H23FN4O2.HI/c1-3-22-9-5-8-18-15(17-2)19-11-14(21)20-13-7-4-6-12(16)10-13;/h4,6-7,10H,3,5,8-9,11H2,1-2H3,(H,20,21)(H2,17,18,19);1H. The molecule has 0 aliphatic heterocycles. The van der Waals surface area contributed by atoms with E-state index in [1.807, 2.05) is 6.92 Å². The molecule has 23 heavy (non-hydrogen) atoms. The average molecular weight is 438 g/mol. The molecule has 1 aromatic rings. The van der Waals surface area contributed by atoms with Gasteiger partial charge in [-0.15, -0.1) is 24.0 Å². The van der Waals surface area contributed by atoms with Crippen molar-refractivity contribution in [1.82, 2.24) is 10.6 Å². The van der Waals surface area contributed by atoms with Crippen molar-refractivity contribution in [2.75, 3.05) is 38.7 Å². The first-order chi connectivity index (χ1) is 10.7. The number of nitrogens with zero attached hydrogens (tertiary/aromatic N) is 1. The van der Waals surface area contributed by atoms with Crippen LogP contribution >= 0.6 is 24.0 Å². The second-order valence-corrected chi connectivity index (χ2v) is 4.46. The van der Waals surface area contributed by atoms with E-state index >= 15 is 0 Å². The Labute approximate surface area is 153 Å². The number of anilines is 1. The summed E-state index contributed by atoms with van der Waals surface area (Å²) >= 11 is 0. The van der Waals surface area contributed by atoms with Crippen LogP contribution in [0.15, 0.2) is 29.3 Å². The van der Waals surface area contributed by atoms with Crippen molar-refractivity contribution in [3.8, 4) is 0 Å². The van der Waals surface area contributed by atoms with Crippen molar-refractivity contribution in [1.29, 1.82) is 0 Å². The number of rotatable bonds is 8. The molecule has 0 aromatic heterocycles. The van der Waals surface area contributed by atoms with Crippen LogP contribution in [-0.2, 0) is 9.53 Å². The van der Waals surface area contributed by atoms with E-state index in [4.69, 9.17) is 4.74 Å². The number of hydrogen-bond donors (Lipinski definition) is 3. The molecule has 0 atom stereocenters. The molecule has 8 heteroatoms. The van der Waals surface area contributed by atoms with Crippen molar-refractivity contribution in [2.24, 2.45) is 4.99 Å². The summed E-state index contributed by atoms with van der Waals surface area (Å²) in [6.45, 7) is 4.08. The summed E-state index contributed by atoms with van der Waals surface area (Å²) in [7, 11) is 1.63. The average Bonchev–Trinajstić information content (AvgIpc) is 2.50. The lowest BCUT2D eigenvalue weighted by Crippen LogP contribution is -2.41. The van der Waals surface area contributed by atoms with E-state index in [0.29, 0.717) is 31.4 Å². The minimum atomic E-state index is -0.391. The Morgan fingerprint density at radius 2 is 2.13 bits per heavy atom. The molecule has 0 unspecified atom stereocenters. The summed E-state index contributed by atoms with van der Waals surface area (Å²) < 4.78 is 18.2. The molecule has 0 aliphatic carbocycles. The third-order valence-electron chi connectivity index (χ3n) is 2.71. The van der Waals surface area contributed by atoms with Gasteiger partial charge >= 0.3 is 0 Å². The van der Waals surface area contributed by atoms with E-state index in [2.05, 4.69) is 20.9 Å². The molecule has 0 radical (unpaired) electrons. The number of hydrogen-bond acceptors (Lipinski definition) is 3. The Morgan fingerprint density at radius 1 is 1.35 bits per heavy atom. The highest BCUT2D eigenvalue weighted by atomic mass is 127. The number of ether oxygens (including phenoxy) is 1. The van der Waals surface area contributed by atoms with E-state index in [1.54, 1.807) is 13.1 Å². The Balaban J connectivity index is 0.00000484. The van der Waals surface area contributed by atoms with Gasteiger partial charge in [-0.25, -0.2) is 4.39 Å². The van der Waals surface area contributed by atoms with Crippen molar-refractivity contribution >= 4 is 41.5 Å². The van der Waals surface area contributed by atoms with Crippen molar-refractivity contribution in [3.05, 3.63) is 30.1 Å². The van der Waals surface area contributed by atoms with Crippen LogP contribution in [0, 0.1) is 5.82 Å².